The number of hydrogen-bond donors (Lipinski definition) is 1. The van der Waals surface area contributed by atoms with E-state index in [1.54, 1.807) is 0 Å². The van der Waals surface area contributed by atoms with E-state index in [2.05, 4.69) is 50.4 Å². The van der Waals surface area contributed by atoms with Gasteiger partial charge in [-0.15, -0.1) is 0 Å². The van der Waals surface area contributed by atoms with E-state index in [1.165, 1.54) is 18.4 Å². The molecule has 0 aromatic heterocycles. The van der Waals surface area contributed by atoms with Gasteiger partial charge in [0.2, 0.25) is 0 Å². The summed E-state index contributed by atoms with van der Waals surface area (Å²) in [5.74, 6) is 1.71. The summed E-state index contributed by atoms with van der Waals surface area (Å²) in [7, 11) is 0. The number of para-hydroxylation sites is 1. The number of nitrogens with one attached hydrogen (secondary N) is 1. The van der Waals surface area contributed by atoms with E-state index in [0.717, 1.165) is 25.4 Å². The van der Waals surface area contributed by atoms with Crippen LogP contribution in [0.25, 0.3) is 0 Å². The minimum Gasteiger partial charge on any atom is -0.493 e. The van der Waals surface area contributed by atoms with Gasteiger partial charge in [0.05, 0.1) is 6.61 Å². The molecule has 1 fully saturated rings. The topological polar surface area (TPSA) is 21.3 Å². The molecule has 0 spiro atoms. The molecular weight excluding hydrogens is 222 g/mol. The second kappa shape index (κ2) is 5.75. The molecule has 1 aliphatic heterocycles. The molecule has 0 unspecified atom stereocenters. The Bertz CT molecular complexity index is 375. The van der Waals surface area contributed by atoms with E-state index in [4.69, 9.17) is 4.74 Å². The first-order chi connectivity index (χ1) is 8.57. The van der Waals surface area contributed by atoms with Gasteiger partial charge in [-0.25, -0.2) is 0 Å². The third-order valence-electron chi connectivity index (χ3n) is 3.57. The van der Waals surface area contributed by atoms with Crippen molar-refractivity contribution < 1.29 is 4.74 Å². The second-order valence-electron chi connectivity index (χ2n) is 6.27. The molecule has 0 bridgehead atoms. The minimum absolute atomic E-state index is 0.140. The van der Waals surface area contributed by atoms with Gasteiger partial charge in [0.25, 0.3) is 0 Å². The highest BCUT2D eigenvalue weighted by atomic mass is 16.5. The lowest BCUT2D eigenvalue weighted by atomic mass is 9.86. The Kier molecular flexibility index (Phi) is 4.28. The first-order valence-corrected chi connectivity index (χ1v) is 7.00. The van der Waals surface area contributed by atoms with Crippen LogP contribution in [-0.4, -0.2) is 19.7 Å². The molecule has 1 aromatic rings. The van der Waals surface area contributed by atoms with Crippen LogP contribution in [-0.2, 0) is 5.41 Å². The van der Waals surface area contributed by atoms with Gasteiger partial charge in [0, 0.05) is 12.5 Å². The van der Waals surface area contributed by atoms with Crippen LogP contribution in [0.4, 0.5) is 0 Å². The molecule has 2 rings (SSSR count). The van der Waals surface area contributed by atoms with Gasteiger partial charge in [-0.05, 0) is 36.4 Å². The standard InChI is InChI=1S/C16H25NO/c1-16(2,3)14-8-4-5-9-15(14)18-12-13-7-6-10-17-11-13/h4-5,8-9,13,17H,6-7,10-12H2,1-3H3/t13-/m0/s1. The molecule has 1 aliphatic rings. The molecule has 1 atom stereocenters. The first-order valence-electron chi connectivity index (χ1n) is 7.00. The second-order valence-corrected chi connectivity index (χ2v) is 6.27. The van der Waals surface area contributed by atoms with Crippen molar-refractivity contribution in [1.29, 1.82) is 0 Å². The van der Waals surface area contributed by atoms with Crippen LogP contribution in [0.2, 0.25) is 0 Å². The summed E-state index contributed by atoms with van der Waals surface area (Å²) >= 11 is 0. The highest BCUT2D eigenvalue weighted by Gasteiger charge is 2.19. The highest BCUT2D eigenvalue weighted by Crippen LogP contribution is 2.31. The van der Waals surface area contributed by atoms with Gasteiger partial charge >= 0.3 is 0 Å². The number of hydrogen-bond acceptors (Lipinski definition) is 2. The maximum Gasteiger partial charge on any atom is 0.123 e. The van der Waals surface area contributed by atoms with Crippen LogP contribution < -0.4 is 10.1 Å². The van der Waals surface area contributed by atoms with E-state index >= 15 is 0 Å². The van der Waals surface area contributed by atoms with Gasteiger partial charge in [0.1, 0.15) is 5.75 Å². The lowest BCUT2D eigenvalue weighted by Crippen LogP contribution is -2.33. The Morgan fingerprint density at radius 1 is 1.28 bits per heavy atom. The van der Waals surface area contributed by atoms with E-state index < -0.39 is 0 Å². The zero-order chi connectivity index (χ0) is 13.0. The lowest BCUT2D eigenvalue weighted by Gasteiger charge is -2.26. The van der Waals surface area contributed by atoms with Crippen molar-refractivity contribution in [3.63, 3.8) is 0 Å². The number of piperidine rings is 1. The monoisotopic (exact) mass is 247 g/mol. The van der Waals surface area contributed by atoms with Crippen molar-refractivity contribution in [1.82, 2.24) is 5.32 Å². The fraction of sp³-hybridized carbons (Fsp3) is 0.625. The van der Waals surface area contributed by atoms with Crippen molar-refractivity contribution in [3.8, 4) is 5.75 Å². The Hall–Kier alpha value is -1.02. The number of ether oxygens (including phenoxy) is 1. The molecule has 1 saturated heterocycles. The largest absolute Gasteiger partial charge is 0.493 e. The highest BCUT2D eigenvalue weighted by molar-refractivity contribution is 5.38. The van der Waals surface area contributed by atoms with Crippen LogP contribution >= 0.6 is 0 Å². The Labute approximate surface area is 111 Å². The van der Waals surface area contributed by atoms with Crippen molar-refractivity contribution >= 4 is 0 Å². The predicted molar refractivity (Wildman–Crippen MR) is 76.2 cm³/mol. The van der Waals surface area contributed by atoms with Crippen LogP contribution in [0.3, 0.4) is 0 Å². The molecule has 0 radical (unpaired) electrons. The summed E-state index contributed by atoms with van der Waals surface area (Å²) in [4.78, 5) is 0. The van der Waals surface area contributed by atoms with Crippen LogP contribution in [0.1, 0.15) is 39.2 Å². The molecule has 0 aliphatic carbocycles. The average molecular weight is 247 g/mol. The SMILES string of the molecule is CC(C)(C)c1ccccc1OC[C@H]1CCCNC1. The maximum atomic E-state index is 6.06. The first kappa shape index (κ1) is 13.4. The molecular formula is C16H25NO. The van der Waals surface area contributed by atoms with Gasteiger partial charge in [0.15, 0.2) is 0 Å². The average Bonchev–Trinajstić information content (AvgIpc) is 2.37. The number of rotatable bonds is 3. The number of benzene rings is 1. The van der Waals surface area contributed by atoms with Crippen molar-refractivity contribution in [2.24, 2.45) is 5.92 Å². The van der Waals surface area contributed by atoms with E-state index in [9.17, 15) is 0 Å². The Morgan fingerprint density at radius 3 is 2.72 bits per heavy atom. The molecule has 1 N–H and O–H groups in total. The molecule has 1 aromatic carbocycles. The summed E-state index contributed by atoms with van der Waals surface area (Å²) in [5, 5.41) is 3.44. The van der Waals surface area contributed by atoms with E-state index in [0.29, 0.717) is 5.92 Å². The summed E-state index contributed by atoms with van der Waals surface area (Å²) in [5.41, 5.74) is 1.44. The Balaban J connectivity index is 2.00. The summed E-state index contributed by atoms with van der Waals surface area (Å²) in [6.07, 6.45) is 2.56. The molecule has 1 heterocycles. The molecule has 2 nitrogen and oxygen atoms in total. The predicted octanol–water partition coefficient (Wildman–Crippen LogP) is 3.36. The smallest absolute Gasteiger partial charge is 0.123 e. The van der Waals surface area contributed by atoms with Crippen LogP contribution in [0.5, 0.6) is 5.75 Å². The van der Waals surface area contributed by atoms with Crippen molar-refractivity contribution in [2.45, 2.75) is 39.0 Å². The summed E-state index contributed by atoms with van der Waals surface area (Å²) in [6, 6.07) is 8.42. The summed E-state index contributed by atoms with van der Waals surface area (Å²) < 4.78 is 6.06. The normalized spacial score (nSPS) is 20.7. The third-order valence-corrected chi connectivity index (χ3v) is 3.57. The molecule has 0 saturated carbocycles. The minimum atomic E-state index is 0.140. The van der Waals surface area contributed by atoms with Crippen LogP contribution in [0.15, 0.2) is 24.3 Å². The van der Waals surface area contributed by atoms with Crippen LogP contribution in [0, 0.1) is 5.92 Å². The van der Waals surface area contributed by atoms with Gasteiger partial charge in [-0.3, -0.25) is 0 Å². The summed E-state index contributed by atoms with van der Waals surface area (Å²) in [6.45, 7) is 9.79. The fourth-order valence-electron chi connectivity index (χ4n) is 2.49. The lowest BCUT2D eigenvalue weighted by molar-refractivity contribution is 0.215. The Morgan fingerprint density at radius 2 is 2.06 bits per heavy atom. The molecule has 100 valence electrons. The zero-order valence-electron chi connectivity index (χ0n) is 11.8. The molecule has 2 heteroatoms. The maximum absolute atomic E-state index is 6.06. The molecule has 18 heavy (non-hydrogen) atoms. The van der Waals surface area contributed by atoms with E-state index in [-0.39, 0.29) is 5.41 Å². The van der Waals surface area contributed by atoms with Gasteiger partial charge < -0.3 is 10.1 Å². The zero-order valence-corrected chi connectivity index (χ0v) is 11.8. The van der Waals surface area contributed by atoms with Crippen molar-refractivity contribution in [3.05, 3.63) is 29.8 Å². The molecule has 0 amide bonds. The van der Waals surface area contributed by atoms with Gasteiger partial charge in [-0.1, -0.05) is 39.0 Å². The van der Waals surface area contributed by atoms with Crippen molar-refractivity contribution in [2.75, 3.05) is 19.7 Å². The van der Waals surface area contributed by atoms with E-state index in [1.807, 2.05) is 0 Å². The third kappa shape index (κ3) is 3.49. The fourth-order valence-corrected chi connectivity index (χ4v) is 2.49. The van der Waals surface area contributed by atoms with Gasteiger partial charge in [-0.2, -0.15) is 0 Å². The quantitative estimate of drug-likeness (QED) is 0.884.